The summed E-state index contributed by atoms with van der Waals surface area (Å²) in [5.74, 6) is 0.183. The van der Waals surface area contributed by atoms with Gasteiger partial charge in [-0.2, -0.15) is 0 Å². The van der Waals surface area contributed by atoms with Crippen LogP contribution in [0.15, 0.2) is 24.3 Å². The zero-order valence-electron chi connectivity index (χ0n) is 18.0. The van der Waals surface area contributed by atoms with Crippen LogP contribution in [0.2, 0.25) is 0 Å². The highest BCUT2D eigenvalue weighted by Gasteiger charge is 2.39. The lowest BCUT2D eigenvalue weighted by Gasteiger charge is -2.48. The molecule has 0 bridgehead atoms. The van der Waals surface area contributed by atoms with Crippen LogP contribution in [0.3, 0.4) is 0 Å². The minimum Gasteiger partial charge on any atom is -0.379 e. The minimum absolute atomic E-state index is 0.138. The van der Waals surface area contributed by atoms with Gasteiger partial charge in [0.25, 0.3) is 0 Å². The smallest absolute Gasteiger partial charge is 0.234 e. The maximum absolute atomic E-state index is 12.9. The van der Waals surface area contributed by atoms with E-state index in [4.69, 9.17) is 4.74 Å². The van der Waals surface area contributed by atoms with Gasteiger partial charge in [0.1, 0.15) is 0 Å². The Morgan fingerprint density at radius 1 is 1.14 bits per heavy atom. The van der Waals surface area contributed by atoms with Crippen LogP contribution in [0, 0.1) is 6.92 Å². The molecule has 1 aliphatic carbocycles. The summed E-state index contributed by atoms with van der Waals surface area (Å²) < 4.78 is 5.58. The molecule has 0 aromatic heterocycles. The van der Waals surface area contributed by atoms with E-state index in [0.29, 0.717) is 12.6 Å². The molecule has 1 aromatic rings. The second kappa shape index (κ2) is 9.59. The van der Waals surface area contributed by atoms with E-state index in [1.54, 1.807) is 0 Å². The predicted octanol–water partition coefficient (Wildman–Crippen LogP) is 3.28. The van der Waals surface area contributed by atoms with Gasteiger partial charge in [0.15, 0.2) is 0 Å². The van der Waals surface area contributed by atoms with E-state index < -0.39 is 0 Å². The van der Waals surface area contributed by atoms with Crippen LogP contribution in [-0.2, 0) is 9.53 Å². The van der Waals surface area contributed by atoms with E-state index in [2.05, 4.69) is 46.3 Å². The van der Waals surface area contributed by atoms with Crippen LogP contribution in [-0.4, -0.2) is 67.2 Å². The molecule has 2 aliphatic heterocycles. The number of carbonyl (C=O) groups is 1. The highest BCUT2D eigenvalue weighted by molar-refractivity contribution is 5.78. The highest BCUT2D eigenvalue weighted by atomic mass is 16.5. The lowest BCUT2D eigenvalue weighted by molar-refractivity contribution is -0.123. The fourth-order valence-corrected chi connectivity index (χ4v) is 5.63. The number of benzene rings is 1. The van der Waals surface area contributed by atoms with Crippen LogP contribution in [0.4, 0.5) is 0 Å². The zero-order valence-corrected chi connectivity index (χ0v) is 18.0. The van der Waals surface area contributed by atoms with Crippen LogP contribution in [0.25, 0.3) is 0 Å². The average molecular weight is 400 g/mol. The first-order valence-electron chi connectivity index (χ1n) is 11.6. The molecule has 5 nitrogen and oxygen atoms in total. The average Bonchev–Trinajstić information content (AvgIpc) is 3.22. The third-order valence-corrected chi connectivity index (χ3v) is 7.22. The van der Waals surface area contributed by atoms with Crippen molar-refractivity contribution in [3.8, 4) is 0 Å². The Balaban J connectivity index is 1.35. The van der Waals surface area contributed by atoms with Crippen molar-refractivity contribution in [3.05, 3.63) is 35.4 Å². The van der Waals surface area contributed by atoms with E-state index in [1.165, 1.54) is 49.7 Å². The Morgan fingerprint density at radius 3 is 2.69 bits per heavy atom. The first-order valence-corrected chi connectivity index (χ1v) is 11.6. The summed E-state index contributed by atoms with van der Waals surface area (Å²) in [4.78, 5) is 17.9. The van der Waals surface area contributed by atoms with E-state index in [1.807, 2.05) is 0 Å². The molecule has 3 fully saturated rings. The van der Waals surface area contributed by atoms with Gasteiger partial charge in [-0.1, -0.05) is 49.1 Å². The van der Waals surface area contributed by atoms with Crippen LogP contribution in [0.1, 0.15) is 62.1 Å². The topological polar surface area (TPSA) is 44.8 Å². The molecule has 1 saturated carbocycles. The normalized spacial score (nSPS) is 25.8. The van der Waals surface area contributed by atoms with Gasteiger partial charge in [0, 0.05) is 31.2 Å². The van der Waals surface area contributed by atoms with Crippen molar-refractivity contribution in [3.63, 3.8) is 0 Å². The molecule has 1 atom stereocenters. The van der Waals surface area contributed by atoms with Gasteiger partial charge in [-0.05, 0) is 44.7 Å². The molecule has 0 radical (unpaired) electrons. The Bertz CT molecular complexity index is 680. The molecule has 1 amide bonds. The molecular weight excluding hydrogens is 362 g/mol. The number of hydrogen-bond acceptors (Lipinski definition) is 4. The Kier molecular flexibility index (Phi) is 6.88. The van der Waals surface area contributed by atoms with Crippen LogP contribution < -0.4 is 5.32 Å². The summed E-state index contributed by atoms with van der Waals surface area (Å²) >= 11 is 0. The van der Waals surface area contributed by atoms with E-state index >= 15 is 0 Å². The fraction of sp³-hybridized carbons (Fsp3) is 0.708. The minimum atomic E-state index is 0.138. The Morgan fingerprint density at radius 2 is 1.93 bits per heavy atom. The fourth-order valence-electron chi connectivity index (χ4n) is 5.63. The zero-order chi connectivity index (χ0) is 20.1. The third kappa shape index (κ3) is 5.01. The predicted molar refractivity (Wildman–Crippen MR) is 116 cm³/mol. The van der Waals surface area contributed by atoms with Crippen molar-refractivity contribution < 1.29 is 9.53 Å². The maximum atomic E-state index is 12.9. The molecule has 2 heterocycles. The van der Waals surface area contributed by atoms with Gasteiger partial charge in [0.05, 0.1) is 19.8 Å². The van der Waals surface area contributed by atoms with E-state index in [0.717, 1.165) is 45.8 Å². The second-order valence-corrected chi connectivity index (χ2v) is 9.20. The first-order chi connectivity index (χ1) is 14.2. The number of hydrogen-bond donors (Lipinski definition) is 1. The van der Waals surface area contributed by atoms with Gasteiger partial charge < -0.3 is 10.1 Å². The van der Waals surface area contributed by atoms with Crippen molar-refractivity contribution in [1.82, 2.24) is 15.1 Å². The molecule has 1 aromatic carbocycles. The number of nitrogens with one attached hydrogen (secondary N) is 1. The molecule has 0 spiro atoms. The molecule has 3 aliphatic rings. The summed E-state index contributed by atoms with van der Waals surface area (Å²) in [6.07, 6.45) is 8.58. The highest BCUT2D eigenvalue weighted by Crippen LogP contribution is 2.34. The van der Waals surface area contributed by atoms with Crippen molar-refractivity contribution >= 4 is 5.91 Å². The third-order valence-electron chi connectivity index (χ3n) is 7.22. The number of morpholine rings is 1. The number of nitrogens with zero attached hydrogens (tertiary/aromatic N) is 2. The molecule has 5 heteroatoms. The lowest BCUT2D eigenvalue weighted by Crippen LogP contribution is -2.60. The molecular formula is C24H37N3O2. The van der Waals surface area contributed by atoms with Gasteiger partial charge >= 0.3 is 0 Å². The van der Waals surface area contributed by atoms with E-state index in [-0.39, 0.29) is 11.4 Å². The summed E-state index contributed by atoms with van der Waals surface area (Å²) in [5, 5.41) is 3.34. The van der Waals surface area contributed by atoms with Crippen molar-refractivity contribution in [2.45, 2.75) is 63.5 Å². The number of carbonyl (C=O) groups excluding carboxylic acids is 1. The SMILES string of the molecule is Cc1cccc(C2CCCN2CC(=O)NCC2(N3CCOCC3)CCCCC2)c1. The Labute approximate surface area is 175 Å². The molecule has 2 saturated heterocycles. The molecule has 4 rings (SSSR count). The van der Waals surface area contributed by atoms with Crippen LogP contribution >= 0.6 is 0 Å². The van der Waals surface area contributed by atoms with Crippen molar-refractivity contribution in [1.29, 1.82) is 0 Å². The largest absolute Gasteiger partial charge is 0.379 e. The van der Waals surface area contributed by atoms with Crippen molar-refractivity contribution in [2.24, 2.45) is 0 Å². The summed E-state index contributed by atoms with van der Waals surface area (Å²) in [6.45, 7) is 8.09. The van der Waals surface area contributed by atoms with Crippen LogP contribution in [0.5, 0.6) is 0 Å². The Hall–Kier alpha value is -1.43. The summed E-state index contributed by atoms with van der Waals surface area (Å²) in [5.41, 5.74) is 2.79. The van der Waals surface area contributed by atoms with Crippen molar-refractivity contribution in [2.75, 3.05) is 45.9 Å². The van der Waals surface area contributed by atoms with Gasteiger partial charge in [-0.3, -0.25) is 14.6 Å². The number of likely N-dealkylation sites (tertiary alicyclic amines) is 1. The standard InChI is InChI=1S/C24H37N3O2/c1-20-7-5-8-21(17-20)22-9-6-12-26(22)18-23(28)25-19-24(10-3-2-4-11-24)27-13-15-29-16-14-27/h5,7-8,17,22H,2-4,6,9-16,18-19H2,1H3,(H,25,28). The number of aryl methyl sites for hydroxylation is 1. The molecule has 160 valence electrons. The summed E-state index contributed by atoms with van der Waals surface area (Å²) in [6, 6.07) is 9.14. The number of ether oxygens (including phenoxy) is 1. The number of rotatable bonds is 6. The molecule has 29 heavy (non-hydrogen) atoms. The molecule has 1 unspecified atom stereocenters. The lowest BCUT2D eigenvalue weighted by atomic mass is 9.79. The monoisotopic (exact) mass is 399 g/mol. The quantitative estimate of drug-likeness (QED) is 0.797. The number of amides is 1. The summed E-state index contributed by atoms with van der Waals surface area (Å²) in [7, 11) is 0. The molecule has 1 N–H and O–H groups in total. The van der Waals surface area contributed by atoms with E-state index in [9.17, 15) is 4.79 Å². The second-order valence-electron chi connectivity index (χ2n) is 9.20. The van der Waals surface area contributed by atoms with Gasteiger partial charge in [-0.15, -0.1) is 0 Å². The van der Waals surface area contributed by atoms with Gasteiger partial charge in [-0.25, -0.2) is 0 Å². The maximum Gasteiger partial charge on any atom is 0.234 e. The van der Waals surface area contributed by atoms with Gasteiger partial charge in [0.2, 0.25) is 5.91 Å². The first kappa shape index (κ1) is 20.8.